The fourth-order valence-electron chi connectivity index (χ4n) is 4.11. The fraction of sp³-hybridized carbons (Fsp3) is 0.409. The average molecular weight is 433 g/mol. The van der Waals surface area contributed by atoms with Gasteiger partial charge in [0.05, 0.1) is 30.9 Å². The third-order valence-electron chi connectivity index (χ3n) is 5.75. The highest BCUT2D eigenvalue weighted by atomic mass is 16.2. The van der Waals surface area contributed by atoms with Crippen molar-refractivity contribution in [1.29, 1.82) is 5.26 Å². The van der Waals surface area contributed by atoms with Crippen LogP contribution >= 0.6 is 0 Å². The number of aryl methyl sites for hydroxylation is 1. The predicted octanol–water partition coefficient (Wildman–Crippen LogP) is -0.554. The molecular formula is C22H25N8O2+. The van der Waals surface area contributed by atoms with E-state index >= 15 is 0 Å². The first-order chi connectivity index (χ1) is 15.5. The molecule has 32 heavy (non-hydrogen) atoms. The Labute approximate surface area is 184 Å². The molecule has 0 bridgehead atoms. The molecule has 0 saturated carbocycles. The van der Waals surface area contributed by atoms with Crippen LogP contribution in [0.1, 0.15) is 31.0 Å². The second-order valence-electron chi connectivity index (χ2n) is 7.89. The minimum atomic E-state index is -0.511. The van der Waals surface area contributed by atoms with Crippen LogP contribution < -0.4 is 21.9 Å². The normalized spacial score (nSPS) is 15.9. The van der Waals surface area contributed by atoms with Crippen molar-refractivity contribution in [2.45, 2.75) is 38.9 Å². The first-order valence-electron chi connectivity index (χ1n) is 10.5. The number of anilines is 1. The number of nitriles is 1. The van der Waals surface area contributed by atoms with E-state index in [0.29, 0.717) is 28.4 Å². The largest absolute Gasteiger partial charge is 0.354 e. The minimum Gasteiger partial charge on any atom is -0.354 e. The summed E-state index contributed by atoms with van der Waals surface area (Å²) in [5.41, 5.74) is 4.51. The second-order valence-corrected chi connectivity index (χ2v) is 7.89. The van der Waals surface area contributed by atoms with Crippen molar-refractivity contribution in [3.8, 4) is 17.9 Å². The van der Waals surface area contributed by atoms with E-state index in [0.717, 1.165) is 30.5 Å². The number of imidazole rings is 1. The Bertz CT molecular complexity index is 1400. The Morgan fingerprint density at radius 3 is 2.84 bits per heavy atom. The van der Waals surface area contributed by atoms with E-state index in [1.165, 1.54) is 10.8 Å². The maximum Gasteiger partial charge on any atom is 0.332 e. The molecule has 164 valence electrons. The zero-order valence-corrected chi connectivity index (χ0v) is 18.2. The Morgan fingerprint density at radius 1 is 1.31 bits per heavy atom. The number of fused-ring (bicyclic) bond motifs is 1. The molecule has 1 aliphatic rings. The molecule has 1 unspecified atom stereocenters. The van der Waals surface area contributed by atoms with Crippen LogP contribution in [-0.2, 0) is 20.1 Å². The van der Waals surface area contributed by atoms with Crippen LogP contribution in [0, 0.1) is 23.2 Å². The lowest BCUT2D eigenvalue weighted by molar-refractivity contribution is -0.419. The van der Waals surface area contributed by atoms with Gasteiger partial charge in [0.15, 0.2) is 11.2 Å². The SMILES string of the molecule is CC#CCn1c(N2CCCC([NH3+])C2)nc2c1c(=O)n(Cc1ncccc1C#N)c(=O)n2C. The van der Waals surface area contributed by atoms with Gasteiger partial charge in [0.1, 0.15) is 12.1 Å². The molecule has 0 spiro atoms. The molecule has 10 heteroatoms. The Kier molecular flexibility index (Phi) is 5.80. The van der Waals surface area contributed by atoms with Gasteiger partial charge in [0.2, 0.25) is 5.95 Å². The lowest BCUT2D eigenvalue weighted by atomic mass is 10.1. The molecule has 10 nitrogen and oxygen atoms in total. The molecule has 3 aromatic rings. The number of quaternary nitrogens is 1. The number of hydrogen-bond donors (Lipinski definition) is 1. The van der Waals surface area contributed by atoms with Gasteiger partial charge in [0, 0.05) is 26.2 Å². The van der Waals surface area contributed by atoms with Gasteiger partial charge in [-0.15, -0.1) is 5.92 Å². The third kappa shape index (κ3) is 3.66. The summed E-state index contributed by atoms with van der Waals surface area (Å²) >= 11 is 0. The van der Waals surface area contributed by atoms with Crippen LogP contribution in [0.25, 0.3) is 11.2 Å². The van der Waals surface area contributed by atoms with E-state index in [4.69, 9.17) is 4.98 Å². The maximum atomic E-state index is 13.5. The van der Waals surface area contributed by atoms with E-state index in [1.54, 1.807) is 30.7 Å². The topological polar surface area (TPSA) is 129 Å². The van der Waals surface area contributed by atoms with Crippen LogP contribution in [0.15, 0.2) is 27.9 Å². The van der Waals surface area contributed by atoms with Crippen LogP contribution in [0.4, 0.5) is 5.95 Å². The number of hydrogen-bond acceptors (Lipinski definition) is 6. The van der Waals surface area contributed by atoms with Gasteiger partial charge in [-0.3, -0.25) is 23.5 Å². The summed E-state index contributed by atoms with van der Waals surface area (Å²) in [7, 11) is 1.59. The van der Waals surface area contributed by atoms with Gasteiger partial charge in [-0.25, -0.2) is 4.79 Å². The first-order valence-corrected chi connectivity index (χ1v) is 10.5. The van der Waals surface area contributed by atoms with Gasteiger partial charge in [-0.05, 0) is 25.5 Å². The minimum absolute atomic E-state index is 0.101. The molecule has 1 atom stereocenters. The fourth-order valence-corrected chi connectivity index (χ4v) is 4.11. The molecule has 1 aliphatic heterocycles. The quantitative estimate of drug-likeness (QED) is 0.550. The number of rotatable bonds is 4. The monoisotopic (exact) mass is 433 g/mol. The third-order valence-corrected chi connectivity index (χ3v) is 5.75. The van der Waals surface area contributed by atoms with Crippen LogP contribution in [0.5, 0.6) is 0 Å². The van der Waals surface area contributed by atoms with E-state index in [1.807, 2.05) is 0 Å². The highest BCUT2D eigenvalue weighted by molar-refractivity contribution is 5.75. The summed E-state index contributed by atoms with van der Waals surface area (Å²) in [6.07, 6.45) is 3.56. The molecule has 0 aromatic carbocycles. The van der Waals surface area contributed by atoms with Crippen molar-refractivity contribution in [3.05, 3.63) is 50.4 Å². The predicted molar refractivity (Wildman–Crippen MR) is 119 cm³/mol. The van der Waals surface area contributed by atoms with E-state index < -0.39 is 11.2 Å². The van der Waals surface area contributed by atoms with Crippen molar-refractivity contribution < 1.29 is 5.73 Å². The number of aromatic nitrogens is 5. The maximum absolute atomic E-state index is 13.5. The summed E-state index contributed by atoms with van der Waals surface area (Å²) in [5.74, 6) is 6.52. The van der Waals surface area contributed by atoms with E-state index in [-0.39, 0.29) is 19.1 Å². The summed E-state index contributed by atoms with van der Waals surface area (Å²) < 4.78 is 4.26. The molecule has 0 aliphatic carbocycles. The molecule has 3 aromatic heterocycles. The van der Waals surface area contributed by atoms with Gasteiger partial charge >= 0.3 is 5.69 Å². The second kappa shape index (κ2) is 8.69. The molecule has 0 radical (unpaired) electrons. The molecule has 3 N–H and O–H groups in total. The molecule has 1 fully saturated rings. The Balaban J connectivity index is 1.94. The van der Waals surface area contributed by atoms with E-state index in [2.05, 4.69) is 33.5 Å². The molecular weight excluding hydrogens is 408 g/mol. The molecule has 0 amide bonds. The summed E-state index contributed by atoms with van der Waals surface area (Å²) in [6, 6.07) is 5.59. The first kappa shape index (κ1) is 21.3. The average Bonchev–Trinajstić information content (AvgIpc) is 3.19. The van der Waals surface area contributed by atoms with Crippen molar-refractivity contribution in [3.63, 3.8) is 0 Å². The number of pyridine rings is 1. The zero-order valence-electron chi connectivity index (χ0n) is 18.2. The molecule has 4 heterocycles. The van der Waals surface area contributed by atoms with Crippen LogP contribution in [0.2, 0.25) is 0 Å². The molecule has 1 saturated heterocycles. The lowest BCUT2D eigenvalue weighted by Gasteiger charge is -2.29. The Hall–Kier alpha value is -3.89. The van der Waals surface area contributed by atoms with Gasteiger partial charge in [-0.1, -0.05) is 5.92 Å². The summed E-state index contributed by atoms with van der Waals surface area (Å²) in [5, 5.41) is 9.37. The van der Waals surface area contributed by atoms with Crippen molar-refractivity contribution >= 4 is 17.1 Å². The zero-order chi connectivity index (χ0) is 22.8. The van der Waals surface area contributed by atoms with Crippen LogP contribution in [0.3, 0.4) is 0 Å². The van der Waals surface area contributed by atoms with Gasteiger partial charge < -0.3 is 10.6 Å². The van der Waals surface area contributed by atoms with Gasteiger partial charge in [-0.2, -0.15) is 10.2 Å². The highest BCUT2D eigenvalue weighted by Gasteiger charge is 2.27. The Morgan fingerprint density at radius 2 is 2.12 bits per heavy atom. The highest BCUT2D eigenvalue weighted by Crippen LogP contribution is 2.22. The van der Waals surface area contributed by atoms with Crippen LogP contribution in [-0.4, -0.2) is 42.8 Å². The number of piperidine rings is 1. The van der Waals surface area contributed by atoms with Crippen molar-refractivity contribution in [2.24, 2.45) is 7.05 Å². The lowest BCUT2D eigenvalue weighted by Crippen LogP contribution is -2.67. The van der Waals surface area contributed by atoms with Crippen molar-refractivity contribution in [2.75, 3.05) is 18.0 Å². The summed E-state index contributed by atoms with van der Waals surface area (Å²) in [6.45, 7) is 3.45. The standard InChI is InChI=1S/C22H24N8O2/c1-3-4-11-29-18-19(26-21(29)28-10-6-8-16(24)13-28)27(2)22(32)30(20(18)31)14-17-15(12-23)7-5-9-25-17/h5,7,9,16H,6,8,10-11,13-14,24H2,1-2H3/p+1. The van der Waals surface area contributed by atoms with E-state index in [9.17, 15) is 14.9 Å². The van der Waals surface area contributed by atoms with Crippen molar-refractivity contribution in [1.82, 2.24) is 23.7 Å². The smallest absolute Gasteiger partial charge is 0.332 e. The summed E-state index contributed by atoms with van der Waals surface area (Å²) in [4.78, 5) is 37.7. The number of nitrogens with zero attached hydrogens (tertiary/aromatic N) is 7. The molecule has 4 rings (SSSR count). The van der Waals surface area contributed by atoms with Gasteiger partial charge in [0.25, 0.3) is 5.56 Å².